The number of quaternary nitrogens is 1. The van der Waals surface area contributed by atoms with Crippen molar-refractivity contribution in [2.24, 2.45) is 0 Å². The van der Waals surface area contributed by atoms with Gasteiger partial charge >= 0.3 is 6.03 Å². The quantitative estimate of drug-likeness (QED) is 0.617. The Hall–Kier alpha value is -1.97. The molecule has 1 heterocycles. The van der Waals surface area contributed by atoms with Gasteiger partial charge in [-0.25, -0.2) is 13.2 Å². The van der Waals surface area contributed by atoms with Crippen LogP contribution in [0.5, 0.6) is 0 Å². The van der Waals surface area contributed by atoms with Crippen molar-refractivity contribution in [1.29, 1.82) is 0 Å². The van der Waals surface area contributed by atoms with Gasteiger partial charge < -0.3 is 10.2 Å². The molecule has 2 rings (SSSR count). The molecule has 0 radical (unpaired) electrons. The van der Waals surface area contributed by atoms with Crippen LogP contribution in [0.4, 0.5) is 4.79 Å². The van der Waals surface area contributed by atoms with E-state index in [4.69, 9.17) is 0 Å². The second-order valence-corrected chi connectivity index (χ2v) is 9.20. The van der Waals surface area contributed by atoms with Crippen molar-refractivity contribution in [1.82, 2.24) is 14.9 Å². The molecule has 1 aliphatic rings. The van der Waals surface area contributed by atoms with Crippen LogP contribution in [-0.2, 0) is 14.8 Å². The lowest BCUT2D eigenvalue weighted by Crippen LogP contribution is -3.15. The van der Waals surface area contributed by atoms with E-state index >= 15 is 0 Å². The Balaban J connectivity index is 2.05. The van der Waals surface area contributed by atoms with Gasteiger partial charge in [-0.2, -0.15) is 4.31 Å². The number of nitrogens with one attached hydrogen (secondary N) is 3. The van der Waals surface area contributed by atoms with Crippen molar-refractivity contribution in [2.45, 2.75) is 39.5 Å². The third-order valence-corrected chi connectivity index (χ3v) is 7.50. The largest absolute Gasteiger partial charge is 0.338 e. The van der Waals surface area contributed by atoms with E-state index < -0.39 is 16.1 Å². The Kier molecular flexibility index (Phi) is 7.19. The minimum absolute atomic E-state index is 0.145. The van der Waals surface area contributed by atoms with E-state index in [2.05, 4.69) is 10.6 Å². The second-order valence-electron chi connectivity index (χ2n) is 7.33. The number of rotatable bonds is 5. The molecule has 0 bridgehead atoms. The highest BCUT2D eigenvalue weighted by molar-refractivity contribution is 7.89. The summed E-state index contributed by atoms with van der Waals surface area (Å²) in [5, 5.41) is 4.79. The molecule has 9 heteroatoms. The number of aryl methyl sites for hydroxylation is 2. The van der Waals surface area contributed by atoms with E-state index in [1.807, 2.05) is 33.8 Å². The summed E-state index contributed by atoms with van der Waals surface area (Å²) in [4.78, 5) is 24.7. The fourth-order valence-electron chi connectivity index (χ4n) is 3.52. The third kappa shape index (κ3) is 4.89. The molecule has 1 fully saturated rings. The molecule has 28 heavy (non-hydrogen) atoms. The number of imide groups is 1. The Labute approximate surface area is 167 Å². The minimum atomic E-state index is -3.59. The van der Waals surface area contributed by atoms with Crippen LogP contribution in [0.25, 0.3) is 0 Å². The van der Waals surface area contributed by atoms with Gasteiger partial charge in [0.05, 0.1) is 31.1 Å². The topological polar surface area (TPSA) is 100 Å². The standard InChI is InChI=1S/C19H30N4O4S/c1-6-20-19(25)21-17(24)12-22-7-9-23(10-8-22)28(26,27)18-15(4)13(2)11-14(3)16(18)5/h11H,6-10,12H2,1-5H3,(H2,20,21,24,25)/p+1. The van der Waals surface area contributed by atoms with Crippen LogP contribution in [0, 0.1) is 27.7 Å². The summed E-state index contributed by atoms with van der Waals surface area (Å²) < 4.78 is 28.0. The van der Waals surface area contributed by atoms with Gasteiger partial charge in [-0.1, -0.05) is 6.07 Å². The molecule has 1 aromatic rings. The molecule has 156 valence electrons. The van der Waals surface area contributed by atoms with Gasteiger partial charge in [0, 0.05) is 6.54 Å². The van der Waals surface area contributed by atoms with Gasteiger partial charge in [0.1, 0.15) is 0 Å². The first-order valence-corrected chi connectivity index (χ1v) is 11.0. The molecule has 0 saturated carbocycles. The first-order valence-electron chi connectivity index (χ1n) is 9.56. The highest BCUT2D eigenvalue weighted by Crippen LogP contribution is 2.28. The van der Waals surface area contributed by atoms with E-state index in [1.54, 1.807) is 6.92 Å². The number of nitrogens with zero attached hydrogens (tertiary/aromatic N) is 1. The zero-order valence-corrected chi connectivity index (χ0v) is 18.1. The summed E-state index contributed by atoms with van der Waals surface area (Å²) in [5.41, 5.74) is 3.51. The van der Waals surface area contributed by atoms with E-state index in [-0.39, 0.29) is 12.5 Å². The number of amides is 3. The molecule has 0 spiro atoms. The number of carbonyl (C=O) groups is 2. The number of carbonyl (C=O) groups excluding carboxylic acids is 2. The third-order valence-electron chi connectivity index (χ3n) is 5.33. The molecule has 0 atom stereocenters. The number of hydrogen-bond acceptors (Lipinski definition) is 4. The first kappa shape index (κ1) is 22.3. The van der Waals surface area contributed by atoms with Gasteiger partial charge in [0.2, 0.25) is 10.0 Å². The smallest absolute Gasteiger partial charge is 0.321 e. The van der Waals surface area contributed by atoms with Gasteiger partial charge in [0.25, 0.3) is 5.91 Å². The van der Waals surface area contributed by atoms with Crippen LogP contribution in [0.2, 0.25) is 0 Å². The molecule has 0 aromatic heterocycles. The summed E-state index contributed by atoms with van der Waals surface area (Å²) >= 11 is 0. The zero-order chi connectivity index (χ0) is 21.1. The van der Waals surface area contributed by atoms with E-state index in [9.17, 15) is 18.0 Å². The highest BCUT2D eigenvalue weighted by atomic mass is 32.2. The van der Waals surface area contributed by atoms with E-state index in [0.29, 0.717) is 37.6 Å². The van der Waals surface area contributed by atoms with Crippen molar-refractivity contribution in [3.8, 4) is 0 Å². The number of piperazine rings is 1. The molecule has 3 amide bonds. The summed E-state index contributed by atoms with van der Waals surface area (Å²) in [5.74, 6) is -0.363. The summed E-state index contributed by atoms with van der Waals surface area (Å²) in [6.45, 7) is 11.6. The van der Waals surface area contributed by atoms with Crippen molar-refractivity contribution in [3.63, 3.8) is 0 Å². The second kappa shape index (κ2) is 9.02. The van der Waals surface area contributed by atoms with Gasteiger partial charge in [0.15, 0.2) is 6.54 Å². The Bertz CT molecular complexity index is 833. The molecular weight excluding hydrogens is 380 g/mol. The number of hydrogen-bond donors (Lipinski definition) is 3. The van der Waals surface area contributed by atoms with Gasteiger partial charge in [-0.15, -0.1) is 0 Å². The predicted octanol–water partition coefficient (Wildman–Crippen LogP) is -0.345. The van der Waals surface area contributed by atoms with Crippen LogP contribution < -0.4 is 15.5 Å². The molecule has 1 saturated heterocycles. The molecule has 1 aliphatic heterocycles. The summed E-state index contributed by atoms with van der Waals surface area (Å²) in [6.07, 6.45) is 0. The molecule has 0 unspecified atom stereocenters. The Morgan fingerprint density at radius 1 is 1.07 bits per heavy atom. The monoisotopic (exact) mass is 411 g/mol. The van der Waals surface area contributed by atoms with Crippen LogP contribution >= 0.6 is 0 Å². The highest BCUT2D eigenvalue weighted by Gasteiger charge is 2.33. The molecule has 0 aliphatic carbocycles. The van der Waals surface area contributed by atoms with Crippen molar-refractivity contribution < 1.29 is 22.9 Å². The molecular formula is C19H31N4O4S+. The number of urea groups is 1. The fourth-order valence-corrected chi connectivity index (χ4v) is 5.54. The SMILES string of the molecule is CCNC(=O)NC(=O)C[NH+]1CCN(S(=O)(=O)c2c(C)c(C)cc(C)c2C)CC1. The van der Waals surface area contributed by atoms with Crippen molar-refractivity contribution in [3.05, 3.63) is 28.3 Å². The van der Waals surface area contributed by atoms with Gasteiger partial charge in [-0.05, 0) is 56.9 Å². The number of sulfonamides is 1. The van der Waals surface area contributed by atoms with Crippen LogP contribution in [0.1, 0.15) is 29.2 Å². The fraction of sp³-hybridized carbons (Fsp3) is 0.579. The Morgan fingerprint density at radius 3 is 2.11 bits per heavy atom. The molecule has 1 aromatic carbocycles. The molecule has 3 N–H and O–H groups in total. The minimum Gasteiger partial charge on any atom is -0.338 e. The van der Waals surface area contributed by atoms with Crippen LogP contribution in [0.15, 0.2) is 11.0 Å². The predicted molar refractivity (Wildman–Crippen MR) is 107 cm³/mol. The lowest BCUT2D eigenvalue weighted by molar-refractivity contribution is -0.895. The van der Waals surface area contributed by atoms with Crippen molar-refractivity contribution >= 4 is 22.0 Å². The van der Waals surface area contributed by atoms with Crippen LogP contribution in [0.3, 0.4) is 0 Å². The van der Waals surface area contributed by atoms with Crippen LogP contribution in [-0.4, -0.2) is 63.9 Å². The summed E-state index contributed by atoms with van der Waals surface area (Å²) in [6, 6.07) is 1.51. The van der Waals surface area contributed by atoms with E-state index in [0.717, 1.165) is 27.2 Å². The van der Waals surface area contributed by atoms with E-state index in [1.165, 1.54) is 4.31 Å². The maximum atomic E-state index is 13.3. The Morgan fingerprint density at radius 2 is 1.61 bits per heavy atom. The van der Waals surface area contributed by atoms with Crippen molar-refractivity contribution in [2.75, 3.05) is 39.3 Å². The lowest BCUT2D eigenvalue weighted by atomic mass is 10.0. The zero-order valence-electron chi connectivity index (χ0n) is 17.3. The number of benzene rings is 1. The maximum Gasteiger partial charge on any atom is 0.321 e. The maximum absolute atomic E-state index is 13.3. The van der Waals surface area contributed by atoms with Gasteiger partial charge in [-0.3, -0.25) is 10.1 Å². The normalized spacial score (nSPS) is 16.0. The first-order chi connectivity index (χ1) is 13.1. The summed E-state index contributed by atoms with van der Waals surface area (Å²) in [7, 11) is -3.59. The average Bonchev–Trinajstić information content (AvgIpc) is 2.60. The molecule has 8 nitrogen and oxygen atoms in total. The lowest BCUT2D eigenvalue weighted by Gasteiger charge is -2.32. The average molecular weight is 412 g/mol.